The number of hydrogen-bond donors (Lipinski definition) is 0. The molecular weight excluding hydrogens is 278 g/mol. The average Bonchev–Trinajstić information content (AvgIpc) is 3.09. The van der Waals surface area contributed by atoms with Crippen LogP contribution in [0.3, 0.4) is 0 Å². The van der Waals surface area contributed by atoms with Crippen LogP contribution in [0.4, 0.5) is 0 Å². The minimum atomic E-state index is -3.18. The zero-order chi connectivity index (χ0) is 14.3. The summed E-state index contributed by atoms with van der Waals surface area (Å²) in [6.45, 7) is 4.42. The first-order valence-electron chi connectivity index (χ1n) is 7.05. The molecule has 0 bridgehead atoms. The van der Waals surface area contributed by atoms with Crippen LogP contribution < -0.4 is 0 Å². The zero-order valence-electron chi connectivity index (χ0n) is 11.9. The fraction of sp³-hybridized carbons (Fsp3) is 0.769. The molecular formula is C13H21N3O3S. The minimum Gasteiger partial charge on any atom is -0.375 e. The summed E-state index contributed by atoms with van der Waals surface area (Å²) in [6, 6.07) is -0.212. The van der Waals surface area contributed by atoms with Gasteiger partial charge in [-0.2, -0.15) is 4.31 Å². The van der Waals surface area contributed by atoms with Gasteiger partial charge in [-0.05, 0) is 25.7 Å². The second kappa shape index (κ2) is 5.13. The van der Waals surface area contributed by atoms with Crippen LogP contribution in [0.1, 0.15) is 37.3 Å². The van der Waals surface area contributed by atoms with Crippen molar-refractivity contribution in [2.24, 2.45) is 5.92 Å². The van der Waals surface area contributed by atoms with Crippen LogP contribution in [0.15, 0.2) is 6.20 Å². The minimum absolute atomic E-state index is 0.212. The maximum atomic E-state index is 11.7. The van der Waals surface area contributed by atoms with Gasteiger partial charge in [0.05, 0.1) is 30.8 Å². The number of rotatable bonds is 5. The van der Waals surface area contributed by atoms with Crippen LogP contribution in [0.2, 0.25) is 0 Å². The van der Waals surface area contributed by atoms with Crippen LogP contribution in [0, 0.1) is 5.92 Å². The van der Waals surface area contributed by atoms with E-state index in [0.717, 1.165) is 24.0 Å². The molecule has 1 aliphatic heterocycles. The van der Waals surface area contributed by atoms with E-state index in [9.17, 15) is 8.42 Å². The van der Waals surface area contributed by atoms with Crippen molar-refractivity contribution in [1.82, 2.24) is 13.9 Å². The Bertz CT molecular complexity index is 592. The first-order chi connectivity index (χ1) is 9.47. The molecule has 2 aliphatic rings. The van der Waals surface area contributed by atoms with Gasteiger partial charge in [-0.15, -0.1) is 0 Å². The first kappa shape index (κ1) is 14.0. The molecule has 1 aliphatic carbocycles. The summed E-state index contributed by atoms with van der Waals surface area (Å²) in [5.74, 6) is 1.56. The SMILES string of the molecule is C[C@@H]1c2ncc(COCC3CC3)n2CCN1S(C)(=O)=O. The maximum Gasteiger partial charge on any atom is 0.211 e. The Morgan fingerprint density at radius 2 is 2.15 bits per heavy atom. The molecule has 0 unspecified atom stereocenters. The van der Waals surface area contributed by atoms with Gasteiger partial charge < -0.3 is 9.30 Å². The van der Waals surface area contributed by atoms with E-state index in [1.165, 1.54) is 23.4 Å². The highest BCUT2D eigenvalue weighted by Crippen LogP contribution is 2.30. The molecule has 1 aromatic heterocycles. The lowest BCUT2D eigenvalue weighted by atomic mass is 10.2. The van der Waals surface area contributed by atoms with Crippen molar-refractivity contribution in [2.45, 2.75) is 39.0 Å². The number of imidazole rings is 1. The molecule has 0 amide bonds. The Kier molecular flexibility index (Phi) is 3.60. The van der Waals surface area contributed by atoms with E-state index >= 15 is 0 Å². The Morgan fingerprint density at radius 3 is 2.80 bits per heavy atom. The predicted molar refractivity (Wildman–Crippen MR) is 74.6 cm³/mol. The van der Waals surface area contributed by atoms with Crippen LogP contribution >= 0.6 is 0 Å². The van der Waals surface area contributed by atoms with Crippen LogP contribution in [-0.4, -0.2) is 41.7 Å². The fourth-order valence-corrected chi connectivity index (χ4v) is 3.80. The van der Waals surface area contributed by atoms with Gasteiger partial charge in [0, 0.05) is 19.7 Å². The molecule has 0 N–H and O–H groups in total. The molecule has 112 valence electrons. The second-order valence-electron chi connectivity index (χ2n) is 5.77. The van der Waals surface area contributed by atoms with Gasteiger partial charge in [-0.1, -0.05) is 0 Å². The number of nitrogens with zero attached hydrogens (tertiary/aromatic N) is 3. The predicted octanol–water partition coefficient (Wildman–Crippen LogP) is 1.15. The van der Waals surface area contributed by atoms with Gasteiger partial charge in [-0.3, -0.25) is 0 Å². The highest BCUT2D eigenvalue weighted by atomic mass is 32.2. The summed E-state index contributed by atoms with van der Waals surface area (Å²) in [4.78, 5) is 4.39. The molecule has 1 aromatic rings. The normalized spacial score (nSPS) is 23.8. The third-order valence-corrected chi connectivity index (χ3v) is 5.40. The monoisotopic (exact) mass is 299 g/mol. The van der Waals surface area contributed by atoms with E-state index in [4.69, 9.17) is 4.74 Å². The third kappa shape index (κ3) is 2.75. The van der Waals surface area contributed by atoms with E-state index in [2.05, 4.69) is 9.55 Å². The summed E-state index contributed by atoms with van der Waals surface area (Å²) in [5.41, 5.74) is 1.04. The van der Waals surface area contributed by atoms with Crippen molar-refractivity contribution in [3.05, 3.63) is 17.7 Å². The van der Waals surface area contributed by atoms with Crippen molar-refractivity contribution < 1.29 is 13.2 Å². The lowest BCUT2D eigenvalue weighted by Gasteiger charge is -2.32. The molecule has 6 nitrogen and oxygen atoms in total. The Morgan fingerprint density at radius 1 is 1.40 bits per heavy atom. The summed E-state index contributed by atoms with van der Waals surface area (Å²) in [7, 11) is -3.18. The summed E-state index contributed by atoms with van der Waals surface area (Å²) in [6.07, 6.45) is 5.63. The van der Waals surface area contributed by atoms with E-state index in [1.807, 2.05) is 13.1 Å². The standard InChI is InChI=1S/C13H21N3O3S/c1-10-13-14-7-12(9-19-8-11-3-4-11)15(13)5-6-16(10)20(2,17)18/h7,10-11H,3-6,8-9H2,1-2H3/t10-/m1/s1. The van der Waals surface area contributed by atoms with E-state index < -0.39 is 10.0 Å². The zero-order valence-corrected chi connectivity index (χ0v) is 12.8. The van der Waals surface area contributed by atoms with E-state index in [0.29, 0.717) is 19.7 Å². The highest BCUT2D eigenvalue weighted by molar-refractivity contribution is 7.88. The number of hydrogen-bond acceptors (Lipinski definition) is 4. The largest absolute Gasteiger partial charge is 0.375 e. The number of ether oxygens (including phenoxy) is 1. The lowest BCUT2D eigenvalue weighted by molar-refractivity contribution is 0.105. The van der Waals surface area contributed by atoms with Crippen molar-refractivity contribution in [1.29, 1.82) is 0 Å². The highest BCUT2D eigenvalue weighted by Gasteiger charge is 2.32. The number of sulfonamides is 1. The van der Waals surface area contributed by atoms with Gasteiger partial charge in [0.1, 0.15) is 5.82 Å². The third-order valence-electron chi connectivity index (χ3n) is 4.05. The smallest absolute Gasteiger partial charge is 0.211 e. The lowest BCUT2D eigenvalue weighted by Crippen LogP contribution is -2.40. The molecule has 2 heterocycles. The molecule has 1 fully saturated rings. The van der Waals surface area contributed by atoms with Gasteiger partial charge in [0.2, 0.25) is 10.0 Å². The average molecular weight is 299 g/mol. The summed E-state index contributed by atoms with van der Waals surface area (Å²) >= 11 is 0. The van der Waals surface area contributed by atoms with Crippen molar-refractivity contribution in [2.75, 3.05) is 19.4 Å². The fourth-order valence-electron chi connectivity index (χ4n) is 2.72. The molecule has 3 rings (SSSR count). The quantitative estimate of drug-likeness (QED) is 0.818. The topological polar surface area (TPSA) is 64.4 Å². The number of aromatic nitrogens is 2. The molecule has 0 aromatic carbocycles. The molecule has 1 atom stereocenters. The van der Waals surface area contributed by atoms with Crippen LogP contribution in [0.25, 0.3) is 0 Å². The molecule has 0 saturated heterocycles. The second-order valence-corrected chi connectivity index (χ2v) is 7.70. The Labute approximate surface area is 119 Å². The van der Waals surface area contributed by atoms with Crippen LogP contribution in [0.5, 0.6) is 0 Å². The molecule has 0 spiro atoms. The van der Waals surface area contributed by atoms with Crippen molar-refractivity contribution in [3.8, 4) is 0 Å². The van der Waals surface area contributed by atoms with Gasteiger partial charge in [-0.25, -0.2) is 13.4 Å². The van der Waals surface area contributed by atoms with Crippen molar-refractivity contribution >= 4 is 10.0 Å². The van der Waals surface area contributed by atoms with Crippen molar-refractivity contribution in [3.63, 3.8) is 0 Å². The first-order valence-corrected chi connectivity index (χ1v) is 8.90. The Hall–Kier alpha value is -0.920. The molecule has 7 heteroatoms. The summed E-state index contributed by atoms with van der Waals surface area (Å²) in [5, 5.41) is 0. The molecule has 1 saturated carbocycles. The molecule has 20 heavy (non-hydrogen) atoms. The summed E-state index contributed by atoms with van der Waals surface area (Å²) < 4.78 is 32.8. The van der Waals surface area contributed by atoms with Crippen LogP contribution in [-0.2, 0) is 27.9 Å². The van der Waals surface area contributed by atoms with Gasteiger partial charge in [0.25, 0.3) is 0 Å². The van der Waals surface area contributed by atoms with E-state index in [-0.39, 0.29) is 6.04 Å². The van der Waals surface area contributed by atoms with Gasteiger partial charge in [0.15, 0.2) is 0 Å². The molecule has 0 radical (unpaired) electrons. The Balaban J connectivity index is 1.72. The van der Waals surface area contributed by atoms with Gasteiger partial charge >= 0.3 is 0 Å². The van der Waals surface area contributed by atoms with E-state index in [1.54, 1.807) is 0 Å². The maximum absolute atomic E-state index is 11.7. The number of fused-ring (bicyclic) bond motifs is 1.